The summed E-state index contributed by atoms with van der Waals surface area (Å²) in [4.78, 5) is 4.35. The van der Waals surface area contributed by atoms with Gasteiger partial charge in [-0.05, 0) is 48.2 Å². The molecule has 3 N–H and O–H groups in total. The van der Waals surface area contributed by atoms with Gasteiger partial charge in [-0.15, -0.1) is 24.0 Å². The van der Waals surface area contributed by atoms with Crippen LogP contribution in [0.5, 0.6) is 5.75 Å². The number of halogens is 1. The van der Waals surface area contributed by atoms with E-state index < -0.39 is 0 Å². The Kier molecular flexibility index (Phi) is 13.0. The highest BCUT2D eigenvalue weighted by Crippen LogP contribution is 2.18. The number of benzene rings is 2. The molecule has 0 bridgehead atoms. The zero-order valence-corrected chi connectivity index (χ0v) is 21.6. The summed E-state index contributed by atoms with van der Waals surface area (Å²) in [5, 5.41) is 10.1. The third-order valence-corrected chi connectivity index (χ3v) is 4.59. The van der Waals surface area contributed by atoms with Crippen LogP contribution in [0.2, 0.25) is 0 Å². The van der Waals surface area contributed by atoms with E-state index in [0.29, 0.717) is 19.1 Å². The zero-order valence-electron chi connectivity index (χ0n) is 19.3. The average molecular weight is 540 g/mol. The summed E-state index contributed by atoms with van der Waals surface area (Å²) in [7, 11) is 3.49. The number of anilines is 1. The first-order valence-electron chi connectivity index (χ1n) is 10.5. The zero-order chi connectivity index (χ0) is 21.8. The fraction of sp³-hybridized carbons (Fsp3) is 0.458. The average Bonchev–Trinajstić information content (AvgIpc) is 2.76. The highest BCUT2D eigenvalue weighted by molar-refractivity contribution is 14.0. The fourth-order valence-electron chi connectivity index (χ4n) is 2.82. The van der Waals surface area contributed by atoms with E-state index >= 15 is 0 Å². The molecule has 0 spiro atoms. The van der Waals surface area contributed by atoms with Gasteiger partial charge in [-0.2, -0.15) is 0 Å². The van der Waals surface area contributed by atoms with Crippen molar-refractivity contribution in [1.29, 1.82) is 0 Å². The van der Waals surface area contributed by atoms with E-state index in [2.05, 4.69) is 78.1 Å². The minimum Gasteiger partial charge on any atom is -0.493 e. The molecule has 0 saturated carbocycles. The molecule has 0 aromatic heterocycles. The Morgan fingerprint density at radius 3 is 2.26 bits per heavy atom. The van der Waals surface area contributed by atoms with Crippen molar-refractivity contribution in [3.63, 3.8) is 0 Å². The molecule has 0 aliphatic heterocycles. The van der Waals surface area contributed by atoms with Gasteiger partial charge >= 0.3 is 0 Å². The lowest BCUT2D eigenvalue weighted by molar-refractivity contribution is 0.211. The summed E-state index contributed by atoms with van der Waals surface area (Å²) in [6, 6.07) is 16.7. The van der Waals surface area contributed by atoms with Crippen LogP contribution in [-0.4, -0.2) is 39.9 Å². The minimum atomic E-state index is 0. The minimum absolute atomic E-state index is 0. The summed E-state index contributed by atoms with van der Waals surface area (Å²) >= 11 is 0. The van der Waals surface area contributed by atoms with Gasteiger partial charge < -0.3 is 25.4 Å². The molecule has 0 aliphatic rings. The molecule has 6 nitrogen and oxygen atoms in total. The van der Waals surface area contributed by atoms with Crippen LogP contribution in [-0.2, 0) is 11.3 Å². The number of nitrogens with one attached hydrogen (secondary N) is 3. The molecule has 1 atom stereocenters. The molecule has 0 heterocycles. The Bertz CT molecular complexity index is 764. The number of nitrogens with zero attached hydrogens (tertiary/aromatic N) is 1. The van der Waals surface area contributed by atoms with Gasteiger partial charge in [0.2, 0.25) is 0 Å². The van der Waals surface area contributed by atoms with Gasteiger partial charge in [0.15, 0.2) is 5.96 Å². The number of hydrogen-bond donors (Lipinski definition) is 3. The molecule has 0 radical (unpaired) electrons. The number of rotatable bonds is 11. The molecule has 7 heteroatoms. The first-order chi connectivity index (χ1) is 14.5. The van der Waals surface area contributed by atoms with Gasteiger partial charge in [-0.3, -0.25) is 4.99 Å². The van der Waals surface area contributed by atoms with E-state index in [9.17, 15) is 0 Å². The van der Waals surface area contributed by atoms with E-state index in [1.54, 1.807) is 14.2 Å². The van der Waals surface area contributed by atoms with Crippen LogP contribution in [0.4, 0.5) is 5.69 Å². The van der Waals surface area contributed by atoms with E-state index in [-0.39, 0.29) is 30.0 Å². The highest BCUT2D eigenvalue weighted by Gasteiger charge is 2.08. The highest BCUT2D eigenvalue weighted by atomic mass is 127. The monoisotopic (exact) mass is 540 g/mol. The maximum atomic E-state index is 5.76. The van der Waals surface area contributed by atoms with Crippen LogP contribution in [0.1, 0.15) is 37.9 Å². The topological polar surface area (TPSA) is 66.9 Å². The molecule has 31 heavy (non-hydrogen) atoms. The molecule has 0 amide bonds. The van der Waals surface area contributed by atoms with Crippen molar-refractivity contribution in [2.75, 3.05) is 39.2 Å². The van der Waals surface area contributed by atoms with Crippen molar-refractivity contribution in [3.05, 3.63) is 59.7 Å². The predicted molar refractivity (Wildman–Crippen MR) is 141 cm³/mol. The smallest absolute Gasteiger partial charge is 0.191 e. The van der Waals surface area contributed by atoms with Crippen molar-refractivity contribution in [3.8, 4) is 5.75 Å². The van der Waals surface area contributed by atoms with Gasteiger partial charge in [0.25, 0.3) is 0 Å². The predicted octanol–water partition coefficient (Wildman–Crippen LogP) is 4.82. The normalized spacial score (nSPS) is 12.1. The second-order valence-corrected chi connectivity index (χ2v) is 7.68. The van der Waals surface area contributed by atoms with Crippen LogP contribution in [0, 0.1) is 5.92 Å². The quantitative estimate of drug-likeness (QED) is 0.165. The van der Waals surface area contributed by atoms with Gasteiger partial charge in [0.05, 0.1) is 19.3 Å². The lowest BCUT2D eigenvalue weighted by atomic mass is 10.1. The number of hydrogen-bond acceptors (Lipinski definition) is 4. The number of guanidine groups is 1. The second-order valence-electron chi connectivity index (χ2n) is 7.68. The van der Waals surface area contributed by atoms with Crippen LogP contribution in [0.25, 0.3) is 0 Å². The molecule has 0 saturated heterocycles. The molecule has 0 aliphatic carbocycles. The summed E-state index contributed by atoms with van der Waals surface area (Å²) < 4.78 is 10.8. The Balaban J connectivity index is 0.00000480. The van der Waals surface area contributed by atoms with Crippen LogP contribution >= 0.6 is 24.0 Å². The Morgan fingerprint density at radius 1 is 1.00 bits per heavy atom. The van der Waals surface area contributed by atoms with Crippen molar-refractivity contribution < 1.29 is 9.47 Å². The van der Waals surface area contributed by atoms with Crippen LogP contribution < -0.4 is 20.7 Å². The standard InChI is InChI=1S/C24H36N4O2.HI/c1-18(2)17-30-23-12-8-21(9-13-23)19(3)28-24(25-4)27-16-20-6-10-22(11-7-20)26-14-15-29-5;/h6-13,18-19,26H,14-17H2,1-5H3,(H2,25,27,28);1H. The molecule has 2 aromatic carbocycles. The molecule has 0 fully saturated rings. The SMILES string of the molecule is CN=C(NCc1ccc(NCCOC)cc1)NC(C)c1ccc(OCC(C)C)cc1.I. The van der Waals surface area contributed by atoms with Crippen molar-refractivity contribution in [1.82, 2.24) is 10.6 Å². The van der Waals surface area contributed by atoms with Gasteiger partial charge in [0, 0.05) is 32.9 Å². The lowest BCUT2D eigenvalue weighted by Gasteiger charge is -2.19. The third-order valence-electron chi connectivity index (χ3n) is 4.59. The molecule has 1 unspecified atom stereocenters. The summed E-state index contributed by atoms with van der Waals surface area (Å²) in [6.07, 6.45) is 0. The Hall–Kier alpha value is -2.00. The lowest BCUT2D eigenvalue weighted by Crippen LogP contribution is -2.38. The molecule has 172 valence electrons. The van der Waals surface area contributed by atoms with Gasteiger partial charge in [-0.25, -0.2) is 0 Å². The van der Waals surface area contributed by atoms with E-state index in [1.807, 2.05) is 12.1 Å². The Labute approximate surface area is 204 Å². The molecular weight excluding hydrogens is 503 g/mol. The first kappa shape index (κ1) is 27.0. The van der Waals surface area contributed by atoms with Gasteiger partial charge in [0.1, 0.15) is 5.75 Å². The molecule has 2 aromatic rings. The third kappa shape index (κ3) is 10.2. The summed E-state index contributed by atoms with van der Waals surface area (Å²) in [5.74, 6) is 2.19. The fourth-order valence-corrected chi connectivity index (χ4v) is 2.82. The maximum Gasteiger partial charge on any atom is 0.191 e. The largest absolute Gasteiger partial charge is 0.493 e. The van der Waals surface area contributed by atoms with E-state index in [4.69, 9.17) is 9.47 Å². The van der Waals surface area contributed by atoms with Crippen molar-refractivity contribution in [2.24, 2.45) is 10.9 Å². The Morgan fingerprint density at radius 2 is 1.68 bits per heavy atom. The summed E-state index contributed by atoms with van der Waals surface area (Å²) in [6.45, 7) is 9.34. The number of aliphatic imine (C=N–C) groups is 1. The number of methoxy groups -OCH3 is 1. The summed E-state index contributed by atoms with van der Waals surface area (Å²) in [5.41, 5.74) is 3.46. The van der Waals surface area contributed by atoms with E-state index in [0.717, 1.165) is 30.5 Å². The van der Waals surface area contributed by atoms with Crippen molar-refractivity contribution in [2.45, 2.75) is 33.4 Å². The molecule has 2 rings (SSSR count). The van der Waals surface area contributed by atoms with Crippen LogP contribution in [0.15, 0.2) is 53.5 Å². The molecular formula is C24H37IN4O2. The first-order valence-corrected chi connectivity index (χ1v) is 10.5. The number of ether oxygens (including phenoxy) is 2. The van der Waals surface area contributed by atoms with Crippen molar-refractivity contribution >= 4 is 35.6 Å². The maximum absolute atomic E-state index is 5.76. The van der Waals surface area contributed by atoms with E-state index in [1.165, 1.54) is 11.1 Å². The van der Waals surface area contributed by atoms with Gasteiger partial charge in [-0.1, -0.05) is 38.1 Å². The second kappa shape index (κ2) is 14.9. The van der Waals surface area contributed by atoms with Crippen LogP contribution in [0.3, 0.4) is 0 Å².